The van der Waals surface area contributed by atoms with Crippen LogP contribution in [0.2, 0.25) is 5.02 Å². The van der Waals surface area contributed by atoms with Gasteiger partial charge in [-0.25, -0.2) is 14.4 Å². The number of H-pyrrole nitrogens is 1. The number of nitrogens with zero attached hydrogens (tertiary/aromatic N) is 3. The number of halogens is 3. The third-order valence-electron chi connectivity index (χ3n) is 2.45. The molecule has 0 saturated heterocycles. The minimum Gasteiger partial charge on any atom is -0.273 e. The molecule has 90 valence electrons. The number of rotatable bonds is 1. The highest BCUT2D eigenvalue weighted by molar-refractivity contribution is 6.30. The van der Waals surface area contributed by atoms with Crippen LogP contribution in [0.4, 0.5) is 8.78 Å². The van der Waals surface area contributed by atoms with Crippen LogP contribution in [0.5, 0.6) is 0 Å². The zero-order valence-corrected chi connectivity index (χ0v) is 9.54. The summed E-state index contributed by atoms with van der Waals surface area (Å²) in [5.74, 6) is -1.66. The van der Waals surface area contributed by atoms with E-state index in [0.29, 0.717) is 11.0 Å². The second kappa shape index (κ2) is 3.99. The lowest BCUT2D eigenvalue weighted by Crippen LogP contribution is -1.94. The van der Waals surface area contributed by atoms with Gasteiger partial charge in [0.25, 0.3) is 0 Å². The Hall–Kier alpha value is -2.08. The fraction of sp³-hybridized carbons (Fsp3) is 0. The van der Waals surface area contributed by atoms with E-state index >= 15 is 0 Å². The molecule has 0 fully saturated rings. The van der Waals surface area contributed by atoms with Crippen LogP contribution in [0.3, 0.4) is 0 Å². The predicted molar refractivity (Wildman–Crippen MR) is 62.0 cm³/mol. The summed E-state index contributed by atoms with van der Waals surface area (Å²) in [5.41, 5.74) is 0.502. The van der Waals surface area contributed by atoms with Gasteiger partial charge in [-0.05, 0) is 18.2 Å². The molecule has 3 heterocycles. The van der Waals surface area contributed by atoms with Crippen LogP contribution in [0, 0.1) is 11.8 Å². The molecule has 0 aliphatic heterocycles. The zero-order valence-electron chi connectivity index (χ0n) is 8.78. The first kappa shape index (κ1) is 11.0. The molecule has 4 nitrogen and oxygen atoms in total. The Morgan fingerprint density at radius 3 is 2.94 bits per heavy atom. The molecule has 0 aromatic carbocycles. The van der Waals surface area contributed by atoms with E-state index in [4.69, 9.17) is 11.6 Å². The van der Waals surface area contributed by atoms with Gasteiger partial charge in [0, 0.05) is 11.6 Å². The molecule has 18 heavy (non-hydrogen) atoms. The molecule has 3 rings (SSSR count). The van der Waals surface area contributed by atoms with Crippen molar-refractivity contribution >= 4 is 22.6 Å². The summed E-state index contributed by atoms with van der Waals surface area (Å²) in [5, 5.41) is 6.68. The van der Waals surface area contributed by atoms with Crippen LogP contribution in [0.25, 0.3) is 22.4 Å². The molecular weight excluding hydrogens is 262 g/mol. The van der Waals surface area contributed by atoms with E-state index in [1.165, 1.54) is 0 Å². The van der Waals surface area contributed by atoms with Crippen LogP contribution >= 0.6 is 11.6 Å². The van der Waals surface area contributed by atoms with Gasteiger partial charge in [0.2, 0.25) is 5.95 Å². The van der Waals surface area contributed by atoms with Crippen molar-refractivity contribution in [1.29, 1.82) is 0 Å². The molecular formula is C11H5ClF2N4. The lowest BCUT2D eigenvalue weighted by Gasteiger charge is -2.01. The van der Waals surface area contributed by atoms with Crippen molar-refractivity contribution in [1.82, 2.24) is 20.2 Å². The maximum atomic E-state index is 13.7. The summed E-state index contributed by atoms with van der Waals surface area (Å²) < 4.78 is 27.0. The van der Waals surface area contributed by atoms with Gasteiger partial charge in [-0.15, -0.1) is 0 Å². The Morgan fingerprint density at radius 2 is 2.11 bits per heavy atom. The number of aromatic amines is 1. The molecule has 0 bridgehead atoms. The van der Waals surface area contributed by atoms with E-state index < -0.39 is 11.8 Å². The third-order valence-corrected chi connectivity index (χ3v) is 2.72. The summed E-state index contributed by atoms with van der Waals surface area (Å²) >= 11 is 5.45. The molecule has 0 radical (unpaired) electrons. The lowest BCUT2D eigenvalue weighted by molar-refractivity contribution is 0.564. The van der Waals surface area contributed by atoms with Gasteiger partial charge in [0.15, 0.2) is 11.5 Å². The predicted octanol–water partition coefficient (Wildman–Crippen LogP) is 2.95. The first-order valence-electron chi connectivity index (χ1n) is 4.98. The summed E-state index contributed by atoms with van der Waals surface area (Å²) in [4.78, 5) is 7.48. The van der Waals surface area contributed by atoms with Gasteiger partial charge in [-0.3, -0.25) is 5.10 Å². The molecule has 1 N–H and O–H groups in total. The molecule has 3 aromatic rings. The average Bonchev–Trinajstić information content (AvgIpc) is 2.78. The smallest absolute Gasteiger partial charge is 0.232 e. The molecule has 0 spiro atoms. The third kappa shape index (κ3) is 1.62. The van der Waals surface area contributed by atoms with E-state index in [1.54, 1.807) is 18.3 Å². The Kier molecular flexibility index (Phi) is 2.45. The fourth-order valence-electron chi connectivity index (χ4n) is 1.65. The Labute approximate surface area is 105 Å². The molecule has 7 heteroatoms. The van der Waals surface area contributed by atoms with Crippen molar-refractivity contribution in [2.75, 3.05) is 0 Å². The van der Waals surface area contributed by atoms with Gasteiger partial charge < -0.3 is 0 Å². The van der Waals surface area contributed by atoms with Crippen molar-refractivity contribution in [3.8, 4) is 11.4 Å². The highest BCUT2D eigenvalue weighted by atomic mass is 35.5. The monoisotopic (exact) mass is 266 g/mol. The number of nitrogens with one attached hydrogen (secondary N) is 1. The minimum absolute atomic E-state index is 0.174. The van der Waals surface area contributed by atoms with Gasteiger partial charge in [-0.2, -0.15) is 9.49 Å². The molecule has 0 saturated carbocycles. The van der Waals surface area contributed by atoms with Crippen molar-refractivity contribution in [2.24, 2.45) is 0 Å². The van der Waals surface area contributed by atoms with E-state index in [0.717, 1.165) is 6.07 Å². The van der Waals surface area contributed by atoms with Crippen LogP contribution < -0.4 is 0 Å². The van der Waals surface area contributed by atoms with Gasteiger partial charge in [0.05, 0.1) is 10.7 Å². The van der Waals surface area contributed by atoms with Gasteiger partial charge >= 0.3 is 0 Å². The molecule has 3 aromatic heterocycles. The van der Waals surface area contributed by atoms with Crippen molar-refractivity contribution in [2.45, 2.75) is 0 Å². The first-order chi connectivity index (χ1) is 8.66. The highest BCUT2D eigenvalue weighted by Crippen LogP contribution is 2.27. The number of hydrogen-bond acceptors (Lipinski definition) is 3. The number of aromatic nitrogens is 4. The van der Waals surface area contributed by atoms with E-state index in [2.05, 4.69) is 20.2 Å². The Morgan fingerprint density at radius 1 is 1.28 bits per heavy atom. The van der Waals surface area contributed by atoms with Crippen LogP contribution in [0.15, 0.2) is 24.4 Å². The Bertz CT molecular complexity index is 741. The molecule has 0 atom stereocenters. The summed E-state index contributed by atoms with van der Waals surface area (Å²) in [6.45, 7) is 0. The average molecular weight is 267 g/mol. The van der Waals surface area contributed by atoms with Crippen LogP contribution in [-0.4, -0.2) is 20.2 Å². The number of hydrogen-bond donors (Lipinski definition) is 1. The number of pyridine rings is 2. The summed E-state index contributed by atoms with van der Waals surface area (Å²) in [6.07, 6.45) is 1.55. The lowest BCUT2D eigenvalue weighted by atomic mass is 10.2. The summed E-state index contributed by atoms with van der Waals surface area (Å²) in [6, 6.07) is 4.24. The standard InChI is InChI=1S/C11H5ClF2N4/c12-6-4-7(13)9(16-10(6)14)8-5-2-1-3-15-11(5)18-17-8/h1-4H,(H,15,17,18). The quantitative estimate of drug-likeness (QED) is 0.689. The minimum atomic E-state index is -0.931. The SMILES string of the molecule is Fc1cc(Cl)c(F)nc1-c1[nH]nc2ncccc12. The fourth-order valence-corrected chi connectivity index (χ4v) is 1.79. The first-order valence-corrected chi connectivity index (χ1v) is 5.35. The van der Waals surface area contributed by atoms with Gasteiger partial charge in [0.1, 0.15) is 5.69 Å². The molecule has 0 aliphatic rings. The topological polar surface area (TPSA) is 54.5 Å². The normalized spacial score (nSPS) is 11.1. The van der Waals surface area contributed by atoms with Crippen molar-refractivity contribution in [3.05, 3.63) is 41.2 Å². The van der Waals surface area contributed by atoms with E-state index in [9.17, 15) is 8.78 Å². The number of fused-ring (bicyclic) bond motifs is 1. The van der Waals surface area contributed by atoms with Gasteiger partial charge in [-0.1, -0.05) is 11.6 Å². The maximum Gasteiger partial charge on any atom is 0.232 e. The van der Waals surface area contributed by atoms with Crippen LogP contribution in [-0.2, 0) is 0 Å². The largest absolute Gasteiger partial charge is 0.273 e. The molecule has 0 aliphatic carbocycles. The zero-order chi connectivity index (χ0) is 12.7. The van der Waals surface area contributed by atoms with Crippen molar-refractivity contribution < 1.29 is 8.78 Å². The Balaban J connectivity index is 2.29. The van der Waals surface area contributed by atoms with Crippen molar-refractivity contribution in [3.63, 3.8) is 0 Å². The summed E-state index contributed by atoms with van der Waals surface area (Å²) in [7, 11) is 0. The second-order valence-electron chi connectivity index (χ2n) is 3.56. The van der Waals surface area contributed by atoms with Crippen LogP contribution in [0.1, 0.15) is 0 Å². The highest BCUT2D eigenvalue weighted by Gasteiger charge is 2.16. The van der Waals surface area contributed by atoms with E-state index in [1.807, 2.05) is 0 Å². The maximum absolute atomic E-state index is 13.7. The molecule has 0 unspecified atom stereocenters. The van der Waals surface area contributed by atoms with E-state index in [-0.39, 0.29) is 16.4 Å². The second-order valence-corrected chi connectivity index (χ2v) is 3.97. The molecule has 0 amide bonds.